The van der Waals surface area contributed by atoms with Crippen LogP contribution in [0.4, 0.5) is 21.0 Å². The van der Waals surface area contributed by atoms with E-state index >= 15 is 0 Å². The molecular weight excluding hydrogens is 1150 g/mol. The van der Waals surface area contributed by atoms with Crippen molar-refractivity contribution in [2.45, 2.75) is 132 Å². The van der Waals surface area contributed by atoms with Crippen molar-refractivity contribution in [3.05, 3.63) is 203 Å². The van der Waals surface area contributed by atoms with E-state index in [0.29, 0.717) is 49.9 Å². The van der Waals surface area contributed by atoms with Crippen molar-refractivity contribution in [1.82, 2.24) is 51.5 Å². The summed E-state index contributed by atoms with van der Waals surface area (Å²) < 4.78 is 0. The SMILES string of the molecule is CN[C@@H](C)C(=O)N[C@H]1CN(C(=O)Nc2ccc(C(C)(C)c3ccc(NC(=O)N4CC[C@H]5CC[C@@H](C(=O)NC(c6ccccc6)c6ccccc6)N5C(=O)[C@@H](NC(=O)[C@H](C)NC)C4)cc3)cc2)CC[C@H]2CCC(C(=O)NC(c3ccccc3)c3ccccc3)N2C1=O. The molecule has 476 valence electrons. The van der Waals surface area contributed by atoms with Gasteiger partial charge in [-0.25, -0.2) is 9.59 Å². The number of hydrogen-bond donors (Lipinski definition) is 8. The molecule has 4 fully saturated rings. The molecule has 10 rings (SSSR count). The molecule has 0 spiro atoms. The number of nitrogens with zero attached hydrogens (tertiary/aromatic N) is 4. The summed E-state index contributed by atoms with van der Waals surface area (Å²) in [5.41, 5.74) is 6.00. The first-order valence-corrected chi connectivity index (χ1v) is 31.7. The van der Waals surface area contributed by atoms with E-state index < -0.39 is 89.4 Å². The van der Waals surface area contributed by atoms with Gasteiger partial charge >= 0.3 is 12.1 Å². The quantitative estimate of drug-likeness (QED) is 0.0430. The molecule has 0 aliphatic carbocycles. The molecule has 8 N–H and O–H groups in total. The van der Waals surface area contributed by atoms with E-state index in [1.165, 1.54) is 0 Å². The summed E-state index contributed by atoms with van der Waals surface area (Å²) in [4.78, 5) is 120. The average Bonchev–Trinajstić information content (AvgIpc) is 1.87. The predicted octanol–water partition coefficient (Wildman–Crippen LogP) is 7.20. The first kappa shape index (κ1) is 64.6. The lowest BCUT2D eigenvalue weighted by molar-refractivity contribution is -0.144. The number of carbonyl (C=O) groups is 8. The van der Waals surface area contributed by atoms with Crippen molar-refractivity contribution in [3.63, 3.8) is 0 Å². The summed E-state index contributed by atoms with van der Waals surface area (Å²) in [5.74, 6) is -2.26. The third-order valence-electron chi connectivity index (χ3n) is 18.7. The van der Waals surface area contributed by atoms with E-state index in [9.17, 15) is 38.4 Å². The Hall–Kier alpha value is -9.40. The molecular formula is C71H84N12O8. The summed E-state index contributed by atoms with van der Waals surface area (Å²) in [5, 5.41) is 24.2. The van der Waals surface area contributed by atoms with E-state index in [4.69, 9.17) is 0 Å². The lowest BCUT2D eigenvalue weighted by Gasteiger charge is -2.39. The zero-order valence-corrected chi connectivity index (χ0v) is 52.6. The van der Waals surface area contributed by atoms with Gasteiger partial charge in [-0.15, -0.1) is 0 Å². The number of carbonyl (C=O) groups excluding carboxylic acids is 8. The predicted molar refractivity (Wildman–Crippen MR) is 349 cm³/mol. The zero-order valence-electron chi connectivity index (χ0n) is 52.6. The first-order chi connectivity index (χ1) is 43.9. The molecule has 20 nitrogen and oxygen atoms in total. The fourth-order valence-corrected chi connectivity index (χ4v) is 13.0. The van der Waals surface area contributed by atoms with Gasteiger partial charge in [0.2, 0.25) is 35.4 Å². The fraction of sp³-hybridized carbons (Fsp3) is 0.380. The molecule has 0 aromatic heterocycles. The summed E-state index contributed by atoms with van der Waals surface area (Å²) in [6, 6.07) is 46.2. The first-order valence-electron chi connectivity index (χ1n) is 31.7. The van der Waals surface area contributed by atoms with Crippen LogP contribution in [-0.2, 0) is 34.2 Å². The minimum Gasteiger partial charge on any atom is -0.343 e. The van der Waals surface area contributed by atoms with Crippen molar-refractivity contribution in [1.29, 1.82) is 0 Å². The van der Waals surface area contributed by atoms with Gasteiger partial charge in [0.25, 0.3) is 0 Å². The molecule has 4 aliphatic rings. The minimum absolute atomic E-state index is 0.122. The van der Waals surface area contributed by atoms with Gasteiger partial charge in [0, 0.05) is 42.0 Å². The second-order valence-electron chi connectivity index (χ2n) is 24.8. The van der Waals surface area contributed by atoms with Crippen molar-refractivity contribution < 1.29 is 38.4 Å². The Labute approximate surface area is 532 Å². The molecule has 91 heavy (non-hydrogen) atoms. The molecule has 4 heterocycles. The summed E-state index contributed by atoms with van der Waals surface area (Å²) in [6.07, 6.45) is 2.79. The van der Waals surface area contributed by atoms with Crippen molar-refractivity contribution in [2.24, 2.45) is 0 Å². The van der Waals surface area contributed by atoms with Gasteiger partial charge in [-0.05, 0) is 124 Å². The summed E-state index contributed by atoms with van der Waals surface area (Å²) in [7, 11) is 3.30. The Bertz CT molecular complexity index is 3220. The molecule has 0 bridgehead atoms. The van der Waals surface area contributed by atoms with Gasteiger partial charge < -0.3 is 62.1 Å². The maximum Gasteiger partial charge on any atom is 0.321 e. The Morgan fingerprint density at radius 3 is 1.07 bits per heavy atom. The number of urea groups is 2. The maximum atomic E-state index is 14.8. The van der Waals surface area contributed by atoms with E-state index in [1.807, 2.05) is 170 Å². The van der Waals surface area contributed by atoms with Crippen LogP contribution in [0, 0.1) is 0 Å². The molecule has 6 aromatic carbocycles. The van der Waals surface area contributed by atoms with Crippen LogP contribution in [0.5, 0.6) is 0 Å². The van der Waals surface area contributed by atoms with Crippen LogP contribution in [0.15, 0.2) is 170 Å². The van der Waals surface area contributed by atoms with E-state index in [1.54, 1.807) is 47.5 Å². The van der Waals surface area contributed by atoms with E-state index in [2.05, 4.69) is 56.4 Å². The molecule has 8 atom stereocenters. The lowest BCUT2D eigenvalue weighted by atomic mass is 9.78. The Morgan fingerprint density at radius 1 is 0.440 bits per heavy atom. The van der Waals surface area contributed by atoms with Gasteiger partial charge in [0.15, 0.2) is 0 Å². The molecule has 0 saturated carbocycles. The van der Waals surface area contributed by atoms with Crippen LogP contribution in [-0.4, -0.2) is 156 Å². The Balaban J connectivity index is 0.777. The van der Waals surface area contributed by atoms with Gasteiger partial charge in [-0.3, -0.25) is 28.8 Å². The highest BCUT2D eigenvalue weighted by atomic mass is 16.2. The third kappa shape index (κ3) is 14.9. The number of hydrogen-bond acceptors (Lipinski definition) is 10. The van der Waals surface area contributed by atoms with Crippen LogP contribution in [0.25, 0.3) is 0 Å². The van der Waals surface area contributed by atoms with Gasteiger partial charge in [0.1, 0.15) is 24.2 Å². The number of benzene rings is 6. The van der Waals surface area contributed by atoms with Gasteiger partial charge in [-0.2, -0.15) is 0 Å². The highest BCUT2D eigenvalue weighted by Gasteiger charge is 2.48. The topological polar surface area (TPSA) is 246 Å². The molecule has 6 aromatic rings. The van der Waals surface area contributed by atoms with E-state index in [-0.39, 0.29) is 50.1 Å². The van der Waals surface area contributed by atoms with Crippen LogP contribution >= 0.6 is 0 Å². The maximum absolute atomic E-state index is 14.8. The zero-order chi connectivity index (χ0) is 64.3. The lowest BCUT2D eigenvalue weighted by Crippen LogP contribution is -2.62. The normalized spacial score (nSPS) is 20.8. The second-order valence-corrected chi connectivity index (χ2v) is 24.8. The second kappa shape index (κ2) is 29.0. The molecule has 4 aliphatic heterocycles. The highest BCUT2D eigenvalue weighted by molar-refractivity contribution is 5.97. The van der Waals surface area contributed by atoms with Crippen LogP contribution in [0.2, 0.25) is 0 Å². The molecule has 4 saturated heterocycles. The number of amides is 10. The van der Waals surface area contributed by atoms with Crippen LogP contribution in [0.1, 0.15) is 112 Å². The molecule has 0 radical (unpaired) electrons. The van der Waals surface area contributed by atoms with E-state index in [0.717, 1.165) is 33.4 Å². The van der Waals surface area contributed by atoms with Crippen molar-refractivity contribution >= 4 is 58.9 Å². The summed E-state index contributed by atoms with van der Waals surface area (Å²) in [6.45, 7) is 7.80. The monoisotopic (exact) mass is 1230 g/mol. The fourth-order valence-electron chi connectivity index (χ4n) is 13.0. The standard InChI is InChI=1S/C71H84N12O8/c1-45(72-5)63(84)76-57-43-80(41-39-55-35-37-59(82(55)67(57)88)65(86)78-61(47-19-11-7-12-20-47)48-21-13-8-14-22-48)69(90)74-53-31-27-51(28-32-53)71(3,4)52-29-33-54(34-30-52)75-70(91)81-42-40-56-36-38-60(83(56)68(89)58(44-81)77-64(85)46(2)73-6)66(87)79-62(49-23-15-9-16-24-49)50-25-17-10-18-26-50/h7-34,45-46,55-62,72-73H,35-44H2,1-6H3,(H,74,90)(H,75,91)(H,76,84)(H,77,85)(H,78,86)(H,79,87)/t45-,46-,55+,56+,57-,58-,59-,60?/m0/s1. The number of likely N-dealkylation sites (N-methyl/N-ethyl adjacent to an activating group) is 2. The Kier molecular flexibility index (Phi) is 20.6. The molecule has 1 unspecified atom stereocenters. The minimum atomic E-state index is -1.13. The number of rotatable bonds is 18. The van der Waals surface area contributed by atoms with Crippen molar-refractivity contribution in [3.8, 4) is 0 Å². The largest absolute Gasteiger partial charge is 0.343 e. The Morgan fingerprint density at radius 2 is 0.758 bits per heavy atom. The van der Waals surface area contributed by atoms with Gasteiger partial charge in [0.05, 0.1) is 37.3 Å². The van der Waals surface area contributed by atoms with Crippen LogP contribution < -0.4 is 42.5 Å². The smallest absolute Gasteiger partial charge is 0.321 e. The third-order valence-corrected chi connectivity index (χ3v) is 18.7. The van der Waals surface area contributed by atoms with Crippen LogP contribution in [0.3, 0.4) is 0 Å². The average molecular weight is 1230 g/mol. The highest BCUT2D eigenvalue weighted by Crippen LogP contribution is 2.36. The van der Waals surface area contributed by atoms with Crippen molar-refractivity contribution in [2.75, 3.05) is 50.9 Å². The molecule has 10 amide bonds. The number of nitrogens with one attached hydrogen (secondary N) is 8. The number of fused-ring (bicyclic) bond motifs is 2. The van der Waals surface area contributed by atoms with Gasteiger partial charge in [-0.1, -0.05) is 159 Å². The number of anilines is 2. The summed E-state index contributed by atoms with van der Waals surface area (Å²) >= 11 is 0. The molecule has 20 heteroatoms.